The average molecular weight is 153 g/mol. The standard InChI is InChI=1S/C6H13ClO2/c1-6(2,3)8-4-5-9-7/h4-5H2,1-3H3. The topological polar surface area (TPSA) is 18.5 Å². The van der Waals surface area contributed by atoms with E-state index in [1.807, 2.05) is 20.8 Å². The summed E-state index contributed by atoms with van der Waals surface area (Å²) >= 11 is 4.95. The van der Waals surface area contributed by atoms with Gasteiger partial charge in [-0.1, -0.05) is 0 Å². The second-order valence-electron chi connectivity index (χ2n) is 2.77. The van der Waals surface area contributed by atoms with E-state index in [1.165, 1.54) is 0 Å². The van der Waals surface area contributed by atoms with E-state index in [1.54, 1.807) is 0 Å². The van der Waals surface area contributed by atoms with E-state index in [4.69, 9.17) is 16.6 Å². The van der Waals surface area contributed by atoms with Crippen LogP contribution in [0.25, 0.3) is 0 Å². The second kappa shape index (κ2) is 4.09. The molecule has 0 rings (SSSR count). The summed E-state index contributed by atoms with van der Waals surface area (Å²) in [6.45, 7) is 6.95. The van der Waals surface area contributed by atoms with Gasteiger partial charge in [-0.15, -0.1) is 0 Å². The van der Waals surface area contributed by atoms with Crippen LogP contribution in [0, 0.1) is 0 Å². The van der Waals surface area contributed by atoms with Crippen LogP contribution in [0.4, 0.5) is 0 Å². The minimum atomic E-state index is -0.0879. The largest absolute Gasteiger partial charge is 0.373 e. The summed E-state index contributed by atoms with van der Waals surface area (Å²) < 4.78 is 9.54. The van der Waals surface area contributed by atoms with E-state index in [0.717, 1.165) is 0 Å². The molecule has 0 spiro atoms. The van der Waals surface area contributed by atoms with Crippen molar-refractivity contribution in [3.63, 3.8) is 0 Å². The van der Waals surface area contributed by atoms with Crippen molar-refractivity contribution in [3.8, 4) is 0 Å². The molecule has 0 aromatic rings. The Morgan fingerprint density at radius 1 is 1.22 bits per heavy atom. The summed E-state index contributed by atoms with van der Waals surface area (Å²) in [4.78, 5) is 0. The molecule has 0 aliphatic carbocycles. The van der Waals surface area contributed by atoms with Gasteiger partial charge in [-0.2, -0.15) is 0 Å². The van der Waals surface area contributed by atoms with Crippen molar-refractivity contribution in [2.75, 3.05) is 13.2 Å². The van der Waals surface area contributed by atoms with Crippen LogP contribution in [0.2, 0.25) is 0 Å². The van der Waals surface area contributed by atoms with E-state index in [-0.39, 0.29) is 5.60 Å². The highest BCUT2D eigenvalue weighted by Gasteiger charge is 2.08. The van der Waals surface area contributed by atoms with E-state index in [0.29, 0.717) is 13.2 Å². The zero-order valence-corrected chi connectivity index (χ0v) is 6.86. The number of halogens is 1. The lowest BCUT2D eigenvalue weighted by Crippen LogP contribution is -2.21. The monoisotopic (exact) mass is 152 g/mol. The molecule has 0 heterocycles. The average Bonchev–Trinajstić information content (AvgIpc) is 1.63. The first-order chi connectivity index (χ1) is 4.06. The molecular weight excluding hydrogens is 140 g/mol. The Bertz CT molecular complexity index is 67.9. The maximum Gasteiger partial charge on any atom is 0.0916 e. The van der Waals surface area contributed by atoms with Crippen molar-refractivity contribution < 1.29 is 9.03 Å². The molecule has 2 nitrogen and oxygen atoms in total. The van der Waals surface area contributed by atoms with Gasteiger partial charge in [0.25, 0.3) is 0 Å². The number of hydrogen-bond donors (Lipinski definition) is 0. The molecule has 0 aromatic carbocycles. The first-order valence-corrected chi connectivity index (χ1v) is 3.24. The minimum Gasteiger partial charge on any atom is -0.373 e. The van der Waals surface area contributed by atoms with Crippen LogP contribution in [0.15, 0.2) is 0 Å². The molecule has 0 saturated carbocycles. The summed E-state index contributed by atoms with van der Waals surface area (Å²) in [5.41, 5.74) is -0.0879. The molecule has 0 fully saturated rings. The van der Waals surface area contributed by atoms with Crippen LogP contribution >= 0.6 is 11.9 Å². The van der Waals surface area contributed by atoms with Crippen molar-refractivity contribution >= 4 is 11.9 Å². The Morgan fingerprint density at radius 2 is 1.78 bits per heavy atom. The van der Waals surface area contributed by atoms with Gasteiger partial charge in [-0.25, -0.2) is 0 Å². The summed E-state index contributed by atoms with van der Waals surface area (Å²) in [6.07, 6.45) is 0. The van der Waals surface area contributed by atoms with E-state index < -0.39 is 0 Å². The first-order valence-electron chi connectivity index (χ1n) is 2.94. The summed E-state index contributed by atoms with van der Waals surface area (Å²) in [7, 11) is 0. The minimum absolute atomic E-state index is 0.0879. The molecule has 0 atom stereocenters. The first kappa shape index (κ1) is 9.21. The van der Waals surface area contributed by atoms with Gasteiger partial charge in [0.05, 0.1) is 30.7 Å². The lowest BCUT2D eigenvalue weighted by atomic mass is 10.2. The zero-order chi connectivity index (χ0) is 7.33. The molecule has 0 unspecified atom stereocenters. The predicted molar refractivity (Wildman–Crippen MR) is 37.5 cm³/mol. The highest BCUT2D eigenvalue weighted by Crippen LogP contribution is 2.05. The Kier molecular flexibility index (Phi) is 4.19. The van der Waals surface area contributed by atoms with Gasteiger partial charge in [-0.05, 0) is 20.8 Å². The van der Waals surface area contributed by atoms with Gasteiger partial charge >= 0.3 is 0 Å². The molecule has 0 N–H and O–H groups in total. The molecule has 0 aliphatic rings. The fraction of sp³-hybridized carbons (Fsp3) is 1.00. The molecule has 0 aliphatic heterocycles. The number of rotatable bonds is 3. The van der Waals surface area contributed by atoms with Crippen LogP contribution in [0.1, 0.15) is 20.8 Å². The van der Waals surface area contributed by atoms with Gasteiger partial charge in [0.1, 0.15) is 0 Å². The van der Waals surface area contributed by atoms with Gasteiger partial charge < -0.3 is 4.74 Å². The molecule has 0 bridgehead atoms. The maximum absolute atomic E-state index is 5.26. The van der Waals surface area contributed by atoms with E-state index >= 15 is 0 Å². The molecule has 0 saturated heterocycles. The third-order valence-corrected chi connectivity index (χ3v) is 0.850. The summed E-state index contributed by atoms with van der Waals surface area (Å²) in [5, 5.41) is 0. The van der Waals surface area contributed by atoms with Crippen molar-refractivity contribution in [1.29, 1.82) is 0 Å². The molecular formula is C6H13ClO2. The molecule has 0 amide bonds. The molecule has 56 valence electrons. The third-order valence-electron chi connectivity index (χ3n) is 0.696. The summed E-state index contributed by atoms with van der Waals surface area (Å²) in [6, 6.07) is 0. The second-order valence-corrected chi connectivity index (χ2v) is 2.99. The molecule has 0 aromatic heterocycles. The third kappa shape index (κ3) is 8.21. The van der Waals surface area contributed by atoms with Gasteiger partial charge in [0.15, 0.2) is 0 Å². The Morgan fingerprint density at radius 3 is 2.11 bits per heavy atom. The molecule has 9 heavy (non-hydrogen) atoms. The number of ether oxygens (including phenoxy) is 1. The van der Waals surface area contributed by atoms with Crippen LogP contribution < -0.4 is 0 Å². The lowest BCUT2D eigenvalue weighted by Gasteiger charge is -2.18. The van der Waals surface area contributed by atoms with E-state index in [9.17, 15) is 0 Å². The normalized spacial score (nSPS) is 12.0. The Labute approximate surface area is 61.3 Å². The van der Waals surface area contributed by atoms with Crippen molar-refractivity contribution in [2.45, 2.75) is 26.4 Å². The molecule has 3 heteroatoms. The Hall–Kier alpha value is 0.210. The van der Waals surface area contributed by atoms with Gasteiger partial charge in [0, 0.05) is 0 Å². The van der Waals surface area contributed by atoms with Crippen molar-refractivity contribution in [1.82, 2.24) is 0 Å². The van der Waals surface area contributed by atoms with Crippen molar-refractivity contribution in [2.24, 2.45) is 0 Å². The Balaban J connectivity index is 3.07. The van der Waals surface area contributed by atoms with Gasteiger partial charge in [-0.3, -0.25) is 4.29 Å². The smallest absolute Gasteiger partial charge is 0.0916 e. The quantitative estimate of drug-likeness (QED) is 0.576. The zero-order valence-electron chi connectivity index (χ0n) is 6.11. The van der Waals surface area contributed by atoms with E-state index in [2.05, 4.69) is 4.29 Å². The van der Waals surface area contributed by atoms with Crippen LogP contribution in [0.5, 0.6) is 0 Å². The summed E-state index contributed by atoms with van der Waals surface area (Å²) in [5.74, 6) is 0. The predicted octanol–water partition coefficient (Wildman–Crippen LogP) is 1.97. The highest BCUT2D eigenvalue weighted by atomic mass is 35.5. The lowest BCUT2D eigenvalue weighted by molar-refractivity contribution is -0.0152. The van der Waals surface area contributed by atoms with Crippen molar-refractivity contribution in [3.05, 3.63) is 0 Å². The highest BCUT2D eigenvalue weighted by molar-refractivity contribution is 6.07. The fourth-order valence-electron chi connectivity index (χ4n) is 0.379. The van der Waals surface area contributed by atoms with Crippen LogP contribution in [-0.4, -0.2) is 18.8 Å². The maximum atomic E-state index is 5.26. The van der Waals surface area contributed by atoms with Gasteiger partial charge in [0.2, 0.25) is 0 Å². The van der Waals surface area contributed by atoms with Crippen LogP contribution in [0.3, 0.4) is 0 Å². The SMILES string of the molecule is CC(C)(C)OCCOCl. The fourth-order valence-corrected chi connectivity index (χ4v) is 0.442. The molecule has 0 radical (unpaired) electrons. The number of hydrogen-bond acceptors (Lipinski definition) is 2. The van der Waals surface area contributed by atoms with Crippen LogP contribution in [-0.2, 0) is 9.03 Å².